The number of carbonyl (C=O) groups is 1. The number of hydrogen-bond donors (Lipinski definition) is 1. The second-order valence-corrected chi connectivity index (χ2v) is 4.96. The zero-order valence-corrected chi connectivity index (χ0v) is 12.2. The van der Waals surface area contributed by atoms with E-state index in [0.717, 1.165) is 11.4 Å². The Hall–Kier alpha value is -2.95. The minimum Gasteiger partial charge on any atom is -0.344 e. The summed E-state index contributed by atoms with van der Waals surface area (Å²) < 4.78 is 1.68. The number of para-hydroxylation sites is 1. The third kappa shape index (κ3) is 3.03. The number of aromatic nitrogens is 3. The Labute approximate surface area is 128 Å². The molecule has 2 aromatic heterocycles. The Morgan fingerprint density at radius 3 is 2.64 bits per heavy atom. The second kappa shape index (κ2) is 6.22. The van der Waals surface area contributed by atoms with Gasteiger partial charge in [0.1, 0.15) is 0 Å². The number of carbonyl (C=O) groups excluding carboxylic acids is 1. The normalized spacial score (nSPS) is 11.9. The summed E-state index contributed by atoms with van der Waals surface area (Å²) in [7, 11) is 0. The highest BCUT2D eigenvalue weighted by Crippen LogP contribution is 2.11. The van der Waals surface area contributed by atoms with Crippen molar-refractivity contribution in [3.63, 3.8) is 0 Å². The van der Waals surface area contributed by atoms with Gasteiger partial charge in [-0.25, -0.2) is 4.68 Å². The van der Waals surface area contributed by atoms with Crippen LogP contribution in [0.4, 0.5) is 0 Å². The van der Waals surface area contributed by atoms with Crippen molar-refractivity contribution < 1.29 is 4.79 Å². The predicted molar refractivity (Wildman–Crippen MR) is 83.7 cm³/mol. The van der Waals surface area contributed by atoms with Crippen molar-refractivity contribution in [2.45, 2.75) is 13.0 Å². The minimum absolute atomic E-state index is 0.159. The van der Waals surface area contributed by atoms with Gasteiger partial charge in [-0.05, 0) is 31.2 Å². The topological polar surface area (TPSA) is 59.8 Å². The maximum atomic E-state index is 12.3. The van der Waals surface area contributed by atoms with Crippen LogP contribution in [0.3, 0.4) is 0 Å². The molecule has 0 bridgehead atoms. The van der Waals surface area contributed by atoms with Crippen molar-refractivity contribution in [2.75, 3.05) is 0 Å². The first-order valence-electron chi connectivity index (χ1n) is 7.06. The fourth-order valence-corrected chi connectivity index (χ4v) is 2.15. The van der Waals surface area contributed by atoms with E-state index in [-0.39, 0.29) is 11.9 Å². The Morgan fingerprint density at radius 1 is 1.14 bits per heavy atom. The first kappa shape index (κ1) is 14.0. The van der Waals surface area contributed by atoms with Gasteiger partial charge in [-0.15, -0.1) is 0 Å². The number of pyridine rings is 1. The smallest absolute Gasteiger partial charge is 0.255 e. The molecule has 0 unspecified atom stereocenters. The molecule has 0 aliphatic heterocycles. The Morgan fingerprint density at radius 2 is 1.91 bits per heavy atom. The van der Waals surface area contributed by atoms with Crippen LogP contribution in [0.25, 0.3) is 5.69 Å². The lowest BCUT2D eigenvalue weighted by Gasteiger charge is -2.12. The highest BCUT2D eigenvalue weighted by molar-refractivity contribution is 5.94. The van der Waals surface area contributed by atoms with Crippen LogP contribution in [0.15, 0.2) is 67.1 Å². The minimum atomic E-state index is -0.166. The summed E-state index contributed by atoms with van der Waals surface area (Å²) in [4.78, 5) is 16.5. The molecule has 22 heavy (non-hydrogen) atoms. The van der Waals surface area contributed by atoms with Crippen molar-refractivity contribution in [3.05, 3.63) is 78.4 Å². The molecule has 3 rings (SSSR count). The van der Waals surface area contributed by atoms with Gasteiger partial charge < -0.3 is 5.32 Å². The Balaban J connectivity index is 1.72. The van der Waals surface area contributed by atoms with Gasteiger partial charge in [-0.1, -0.05) is 24.3 Å². The molecular formula is C17H16N4O. The molecule has 0 saturated carbocycles. The van der Waals surface area contributed by atoms with Gasteiger partial charge in [-0.2, -0.15) is 5.10 Å². The van der Waals surface area contributed by atoms with E-state index in [1.54, 1.807) is 23.3 Å². The molecule has 5 nitrogen and oxygen atoms in total. The maximum absolute atomic E-state index is 12.3. The molecule has 0 aliphatic rings. The van der Waals surface area contributed by atoms with Crippen molar-refractivity contribution >= 4 is 5.91 Å². The van der Waals surface area contributed by atoms with Crippen LogP contribution in [-0.4, -0.2) is 20.7 Å². The lowest BCUT2D eigenvalue weighted by Crippen LogP contribution is -2.26. The highest BCUT2D eigenvalue weighted by atomic mass is 16.1. The summed E-state index contributed by atoms with van der Waals surface area (Å²) in [5, 5.41) is 7.15. The Bertz CT molecular complexity index is 753. The third-order valence-electron chi connectivity index (χ3n) is 3.34. The number of hydrogen-bond acceptors (Lipinski definition) is 3. The summed E-state index contributed by atoms with van der Waals surface area (Å²) >= 11 is 0. The number of rotatable bonds is 4. The fourth-order valence-electron chi connectivity index (χ4n) is 2.15. The fraction of sp³-hybridized carbons (Fsp3) is 0.118. The lowest BCUT2D eigenvalue weighted by atomic mass is 10.2. The van der Waals surface area contributed by atoms with Crippen molar-refractivity contribution in [2.24, 2.45) is 0 Å². The van der Waals surface area contributed by atoms with E-state index >= 15 is 0 Å². The number of nitrogens with zero attached hydrogens (tertiary/aromatic N) is 3. The summed E-state index contributed by atoms with van der Waals surface area (Å²) in [6.45, 7) is 1.90. The first-order valence-corrected chi connectivity index (χ1v) is 7.06. The molecule has 1 N–H and O–H groups in total. The molecule has 0 radical (unpaired) electrons. The molecule has 0 aliphatic carbocycles. The van der Waals surface area contributed by atoms with Crippen LogP contribution in [0, 0.1) is 0 Å². The molecule has 1 amide bonds. The maximum Gasteiger partial charge on any atom is 0.255 e. The van der Waals surface area contributed by atoms with Crippen LogP contribution in [0.2, 0.25) is 0 Å². The average molecular weight is 292 g/mol. The van der Waals surface area contributed by atoms with Crippen molar-refractivity contribution in [1.82, 2.24) is 20.1 Å². The van der Waals surface area contributed by atoms with Crippen LogP contribution < -0.4 is 5.32 Å². The summed E-state index contributed by atoms with van der Waals surface area (Å²) in [5.74, 6) is -0.166. The van der Waals surface area contributed by atoms with Gasteiger partial charge >= 0.3 is 0 Å². The van der Waals surface area contributed by atoms with Gasteiger partial charge in [0.2, 0.25) is 0 Å². The van der Waals surface area contributed by atoms with Gasteiger partial charge in [0.15, 0.2) is 0 Å². The van der Waals surface area contributed by atoms with Gasteiger partial charge in [0.05, 0.1) is 29.2 Å². The summed E-state index contributed by atoms with van der Waals surface area (Å²) in [5.41, 5.74) is 2.26. The third-order valence-corrected chi connectivity index (χ3v) is 3.34. The van der Waals surface area contributed by atoms with Gasteiger partial charge in [-0.3, -0.25) is 9.78 Å². The molecule has 5 heteroatoms. The SMILES string of the molecule is C[C@@H](NC(=O)c1cnn(-c2ccccc2)c1)c1ccccn1. The molecule has 0 fully saturated rings. The van der Waals surface area contributed by atoms with E-state index < -0.39 is 0 Å². The lowest BCUT2D eigenvalue weighted by molar-refractivity contribution is 0.0939. The molecular weight excluding hydrogens is 276 g/mol. The summed E-state index contributed by atoms with van der Waals surface area (Å²) in [6, 6.07) is 15.2. The van der Waals surface area contributed by atoms with E-state index in [2.05, 4.69) is 15.4 Å². The number of nitrogens with one attached hydrogen (secondary N) is 1. The zero-order valence-electron chi connectivity index (χ0n) is 12.2. The zero-order chi connectivity index (χ0) is 15.4. The number of benzene rings is 1. The van der Waals surface area contributed by atoms with Crippen molar-refractivity contribution in [3.8, 4) is 5.69 Å². The molecule has 3 aromatic rings. The number of amides is 1. The quantitative estimate of drug-likeness (QED) is 0.804. The van der Waals surface area contributed by atoms with Crippen LogP contribution in [0.1, 0.15) is 29.0 Å². The van der Waals surface area contributed by atoms with Crippen LogP contribution in [0.5, 0.6) is 0 Å². The molecule has 110 valence electrons. The van der Waals surface area contributed by atoms with Crippen LogP contribution >= 0.6 is 0 Å². The van der Waals surface area contributed by atoms with Crippen molar-refractivity contribution in [1.29, 1.82) is 0 Å². The largest absolute Gasteiger partial charge is 0.344 e. The molecule has 0 spiro atoms. The van der Waals surface area contributed by atoms with Crippen LogP contribution in [-0.2, 0) is 0 Å². The standard InChI is InChI=1S/C17H16N4O/c1-13(16-9-5-6-10-18-16)20-17(22)14-11-19-21(12-14)15-7-3-2-4-8-15/h2-13H,1H3,(H,20,22)/t13-/m1/s1. The highest BCUT2D eigenvalue weighted by Gasteiger charge is 2.14. The molecule has 1 atom stereocenters. The van der Waals surface area contributed by atoms with E-state index in [1.165, 1.54) is 0 Å². The molecule has 2 heterocycles. The van der Waals surface area contributed by atoms with E-state index in [1.807, 2.05) is 55.5 Å². The first-order chi connectivity index (χ1) is 10.7. The molecule has 1 aromatic carbocycles. The Kier molecular flexibility index (Phi) is 3.96. The van der Waals surface area contributed by atoms with Gasteiger partial charge in [0.25, 0.3) is 5.91 Å². The van der Waals surface area contributed by atoms with E-state index in [9.17, 15) is 4.79 Å². The predicted octanol–water partition coefficient (Wildman–Crippen LogP) is 2.76. The second-order valence-electron chi connectivity index (χ2n) is 4.96. The van der Waals surface area contributed by atoms with E-state index in [0.29, 0.717) is 5.56 Å². The van der Waals surface area contributed by atoms with Gasteiger partial charge in [0, 0.05) is 12.4 Å². The molecule has 0 saturated heterocycles. The monoisotopic (exact) mass is 292 g/mol. The average Bonchev–Trinajstić information content (AvgIpc) is 3.06. The summed E-state index contributed by atoms with van der Waals surface area (Å²) in [6.07, 6.45) is 4.99. The van der Waals surface area contributed by atoms with E-state index in [4.69, 9.17) is 0 Å².